The molecule has 3 heterocycles. The summed E-state index contributed by atoms with van der Waals surface area (Å²) in [5, 5.41) is 2.49. The van der Waals surface area contributed by atoms with Gasteiger partial charge in [0.1, 0.15) is 0 Å². The van der Waals surface area contributed by atoms with Crippen molar-refractivity contribution in [1.82, 2.24) is 4.57 Å². The Morgan fingerprint density at radius 1 is 0.318 bits per heavy atom. The molecule has 3 aliphatic rings. The van der Waals surface area contributed by atoms with Crippen LogP contribution in [0.25, 0.3) is 60.9 Å². The first-order valence-electron chi connectivity index (χ1n) is 32.3. The predicted molar refractivity (Wildman–Crippen MR) is 381 cm³/mol. The Hall–Kier alpha value is -8.34. The molecule has 1 aromatic heterocycles. The molecule has 4 heteroatoms. The SMILES string of the molecule is CC(C)(C)c1ccc(-c2ccc3c(c2)B2c4cc(-c5ccc(C(C)(C)C)cc5)ccc4N(c4cc(C(C)(C)C)cc(C(C)(C)C)c4)c4cc(-n5c6ccccc6c6ccccc65)cc(c42)N3c2ccc(-c3ccc4c(c3)C(C)(C)CCC4(C)C)cc2)cc1. The number of anilines is 6. The molecule has 14 rings (SSSR count). The smallest absolute Gasteiger partial charge is 0.252 e. The number of para-hydroxylation sites is 2. The van der Waals surface area contributed by atoms with Gasteiger partial charge in [0.05, 0.1) is 16.7 Å². The van der Waals surface area contributed by atoms with Crippen molar-refractivity contribution in [3.63, 3.8) is 0 Å². The maximum absolute atomic E-state index is 2.65. The van der Waals surface area contributed by atoms with Crippen LogP contribution in [0.2, 0.25) is 0 Å². The van der Waals surface area contributed by atoms with E-state index >= 15 is 0 Å². The second-order valence-corrected chi connectivity index (χ2v) is 31.4. The van der Waals surface area contributed by atoms with Crippen molar-refractivity contribution in [2.45, 2.75) is 156 Å². The molecule has 3 nitrogen and oxygen atoms in total. The van der Waals surface area contributed by atoms with Gasteiger partial charge in [-0.1, -0.05) is 256 Å². The van der Waals surface area contributed by atoms with Crippen molar-refractivity contribution >= 4 is 79.0 Å². The molecule has 0 fully saturated rings. The lowest BCUT2D eigenvalue weighted by atomic mass is 9.33. The number of benzene rings is 10. The van der Waals surface area contributed by atoms with Crippen LogP contribution in [0.1, 0.15) is 157 Å². The van der Waals surface area contributed by atoms with Gasteiger partial charge in [0, 0.05) is 44.9 Å². The molecule has 0 saturated carbocycles. The molecule has 0 atom stereocenters. The van der Waals surface area contributed by atoms with Crippen molar-refractivity contribution in [3.8, 4) is 39.1 Å². The highest BCUT2D eigenvalue weighted by Gasteiger charge is 2.45. The molecule has 0 saturated heterocycles. The molecular formula is C84H86BN3. The van der Waals surface area contributed by atoms with E-state index in [0.717, 1.165) is 11.4 Å². The van der Waals surface area contributed by atoms with Crippen LogP contribution < -0.4 is 26.2 Å². The van der Waals surface area contributed by atoms with Gasteiger partial charge in [-0.15, -0.1) is 0 Å². The van der Waals surface area contributed by atoms with Crippen molar-refractivity contribution < 1.29 is 0 Å². The molecule has 0 radical (unpaired) electrons. The minimum atomic E-state index is -0.132. The normalized spacial score (nSPS) is 15.3. The summed E-state index contributed by atoms with van der Waals surface area (Å²) < 4.78 is 2.53. The molecule has 0 N–H and O–H groups in total. The number of fused-ring (bicyclic) bond motifs is 8. The Labute approximate surface area is 525 Å². The zero-order valence-electron chi connectivity index (χ0n) is 55.0. The van der Waals surface area contributed by atoms with E-state index < -0.39 is 0 Å². The first kappa shape index (κ1) is 57.4. The summed E-state index contributed by atoms with van der Waals surface area (Å²) in [6.07, 6.45) is 2.38. The van der Waals surface area contributed by atoms with E-state index in [1.54, 1.807) is 0 Å². The van der Waals surface area contributed by atoms with Crippen molar-refractivity contribution in [2.75, 3.05) is 9.80 Å². The number of nitrogens with zero attached hydrogens (tertiary/aromatic N) is 3. The number of aromatic nitrogens is 1. The maximum atomic E-state index is 2.65. The van der Waals surface area contributed by atoms with Crippen LogP contribution in [0.15, 0.2) is 206 Å². The van der Waals surface area contributed by atoms with Gasteiger partial charge in [-0.25, -0.2) is 0 Å². The summed E-state index contributed by atoms with van der Waals surface area (Å²) in [6.45, 7) is 37.6. The molecule has 2 aliphatic heterocycles. The van der Waals surface area contributed by atoms with Gasteiger partial charge in [0.15, 0.2) is 0 Å². The summed E-state index contributed by atoms with van der Waals surface area (Å²) in [6, 6.07) is 80.7. The summed E-state index contributed by atoms with van der Waals surface area (Å²) in [7, 11) is 0. The zero-order chi connectivity index (χ0) is 61.8. The summed E-state index contributed by atoms with van der Waals surface area (Å²) in [5.74, 6) is 0. The Balaban J connectivity index is 1.08. The third-order valence-electron chi connectivity index (χ3n) is 20.3. The minimum Gasteiger partial charge on any atom is -0.311 e. The Bertz CT molecular complexity index is 4490. The van der Waals surface area contributed by atoms with E-state index in [2.05, 4.69) is 331 Å². The third-order valence-corrected chi connectivity index (χ3v) is 20.3. The lowest BCUT2D eigenvalue weighted by Gasteiger charge is -2.45. The number of hydrogen-bond acceptors (Lipinski definition) is 2. The van der Waals surface area contributed by atoms with Crippen LogP contribution >= 0.6 is 0 Å². The van der Waals surface area contributed by atoms with E-state index in [4.69, 9.17) is 0 Å². The predicted octanol–water partition coefficient (Wildman–Crippen LogP) is 21.4. The standard InChI is InChI=1S/C84H86BN3/c1-79(2,3)59-34-25-53(26-35-59)57-32-41-74-70(46-57)85-71-47-58(54-27-36-60(37-28-54)80(4,5)6)33-42-75(71)88(64-49-61(81(7,8)9)48-62(50-64)82(10,11)12)77-52-65(87-72-23-19-17-21-66(72)67-22-18-20-24-73(67)87)51-76(78(77)85)86(74)63-38-29-55(30-39-63)56-31-40-68-69(45-56)84(15,16)44-43-83(68,13)14/h17-42,45-52H,43-44H2,1-16H3. The largest absolute Gasteiger partial charge is 0.311 e. The van der Waals surface area contributed by atoms with E-state index in [-0.39, 0.29) is 39.2 Å². The van der Waals surface area contributed by atoms with Gasteiger partial charge in [0.25, 0.3) is 6.71 Å². The maximum Gasteiger partial charge on any atom is 0.252 e. The second kappa shape index (κ2) is 20.1. The molecule has 0 spiro atoms. The number of rotatable bonds is 6. The number of hydrogen-bond donors (Lipinski definition) is 0. The van der Waals surface area contributed by atoms with E-state index in [0.29, 0.717) is 0 Å². The fraction of sp³-hybridized carbons (Fsp3) is 0.286. The van der Waals surface area contributed by atoms with Gasteiger partial charge in [-0.3, -0.25) is 0 Å². The monoisotopic (exact) mass is 1150 g/mol. The molecule has 440 valence electrons. The van der Waals surface area contributed by atoms with E-state index in [1.165, 1.54) is 146 Å². The van der Waals surface area contributed by atoms with E-state index in [1.807, 2.05) is 0 Å². The first-order chi connectivity index (χ1) is 41.6. The fourth-order valence-electron chi connectivity index (χ4n) is 14.7. The molecule has 0 unspecified atom stereocenters. The molecule has 11 aromatic rings. The summed E-state index contributed by atoms with van der Waals surface area (Å²) >= 11 is 0. The van der Waals surface area contributed by atoms with E-state index in [9.17, 15) is 0 Å². The van der Waals surface area contributed by atoms with Gasteiger partial charge < -0.3 is 14.4 Å². The minimum absolute atomic E-state index is 0.0402. The molecule has 0 amide bonds. The van der Waals surface area contributed by atoms with Crippen LogP contribution in [0, 0.1) is 0 Å². The molecule has 1 aliphatic carbocycles. The van der Waals surface area contributed by atoms with Gasteiger partial charge in [0.2, 0.25) is 0 Å². The molecular weight excluding hydrogens is 1060 g/mol. The van der Waals surface area contributed by atoms with Gasteiger partial charge in [-0.05, 0) is 189 Å². The second-order valence-electron chi connectivity index (χ2n) is 31.4. The van der Waals surface area contributed by atoms with Crippen LogP contribution in [-0.4, -0.2) is 11.3 Å². The Morgan fingerprint density at radius 2 is 0.705 bits per heavy atom. The Morgan fingerprint density at radius 3 is 1.16 bits per heavy atom. The topological polar surface area (TPSA) is 11.4 Å². The summed E-state index contributed by atoms with van der Waals surface area (Å²) in [5.41, 5.74) is 30.2. The van der Waals surface area contributed by atoms with Crippen molar-refractivity contribution in [2.24, 2.45) is 0 Å². The van der Waals surface area contributed by atoms with Crippen LogP contribution in [-0.2, 0) is 32.5 Å². The quantitative estimate of drug-likeness (QED) is 0.154. The molecule has 10 aromatic carbocycles. The van der Waals surface area contributed by atoms with Gasteiger partial charge in [-0.2, -0.15) is 0 Å². The average Bonchev–Trinajstić information content (AvgIpc) is 0.820. The highest BCUT2D eigenvalue weighted by molar-refractivity contribution is 7.00. The lowest BCUT2D eigenvalue weighted by Crippen LogP contribution is -2.61. The third kappa shape index (κ3) is 9.63. The van der Waals surface area contributed by atoms with Gasteiger partial charge >= 0.3 is 0 Å². The lowest BCUT2D eigenvalue weighted by molar-refractivity contribution is 0.332. The average molecular weight is 1150 g/mol. The van der Waals surface area contributed by atoms with Crippen molar-refractivity contribution in [3.05, 3.63) is 240 Å². The van der Waals surface area contributed by atoms with Crippen LogP contribution in [0.5, 0.6) is 0 Å². The molecule has 0 bridgehead atoms. The van der Waals surface area contributed by atoms with Crippen LogP contribution in [0.4, 0.5) is 34.1 Å². The summed E-state index contributed by atoms with van der Waals surface area (Å²) in [4.78, 5) is 5.26. The van der Waals surface area contributed by atoms with Crippen molar-refractivity contribution in [1.29, 1.82) is 0 Å². The van der Waals surface area contributed by atoms with Crippen LogP contribution in [0.3, 0.4) is 0 Å². The highest BCUT2D eigenvalue weighted by atomic mass is 15.2. The first-order valence-corrected chi connectivity index (χ1v) is 32.3. The highest BCUT2D eigenvalue weighted by Crippen LogP contribution is 2.51. The zero-order valence-corrected chi connectivity index (χ0v) is 55.0. The molecule has 88 heavy (non-hydrogen) atoms. The Kier molecular flexibility index (Phi) is 13.1. The fourth-order valence-corrected chi connectivity index (χ4v) is 14.7.